The number of hydrogen-bond acceptors (Lipinski definition) is 7. The molecule has 0 bridgehead atoms. The fourth-order valence-electron chi connectivity index (χ4n) is 2.67. The first kappa shape index (κ1) is 22.8. The van der Waals surface area contributed by atoms with Gasteiger partial charge in [0.25, 0.3) is 0 Å². The molecule has 0 radical (unpaired) electrons. The highest BCUT2D eigenvalue weighted by Crippen LogP contribution is 2.90. The van der Waals surface area contributed by atoms with Crippen LogP contribution in [0.2, 0.25) is 0 Å². The fourth-order valence-corrected chi connectivity index (χ4v) is 9.18. The average molecular weight is 395 g/mol. The maximum absolute atomic E-state index is 13.8. The molecule has 0 spiro atoms. The highest BCUT2D eigenvalue weighted by Gasteiger charge is 2.80. The zero-order chi connectivity index (χ0) is 19.6. The van der Waals surface area contributed by atoms with Crippen molar-refractivity contribution in [3.8, 4) is 6.07 Å². The van der Waals surface area contributed by atoms with Crippen LogP contribution in [0.1, 0.15) is 61.8 Å². The highest BCUT2D eigenvalue weighted by molar-refractivity contribution is 7.75. The second-order valence-electron chi connectivity index (χ2n) is 7.38. The molecule has 0 amide bonds. The van der Waals surface area contributed by atoms with Gasteiger partial charge in [0.15, 0.2) is 4.90 Å². The SMILES string of the molecule is CC(C)OP(=O)(OC(C)C)C1(P(=O)(OC(C)C)OC(C)C)CC1C#N. The smallest absolute Gasteiger partial charge is 0.305 e. The molecule has 9 heteroatoms. The maximum Gasteiger partial charge on any atom is 0.350 e. The molecule has 0 aromatic carbocycles. The Morgan fingerprint density at radius 3 is 1.24 bits per heavy atom. The van der Waals surface area contributed by atoms with Gasteiger partial charge in [-0.25, -0.2) is 0 Å². The summed E-state index contributed by atoms with van der Waals surface area (Å²) in [5, 5.41) is 9.49. The van der Waals surface area contributed by atoms with Crippen molar-refractivity contribution in [1.82, 2.24) is 0 Å². The lowest BCUT2D eigenvalue weighted by Crippen LogP contribution is -2.26. The van der Waals surface area contributed by atoms with E-state index in [-0.39, 0.29) is 6.42 Å². The van der Waals surface area contributed by atoms with Gasteiger partial charge in [-0.05, 0) is 61.8 Å². The van der Waals surface area contributed by atoms with Gasteiger partial charge in [0.1, 0.15) is 0 Å². The van der Waals surface area contributed by atoms with Crippen LogP contribution in [0.4, 0.5) is 0 Å². The summed E-state index contributed by atoms with van der Waals surface area (Å²) in [6.45, 7) is 13.7. The van der Waals surface area contributed by atoms with Gasteiger partial charge in [0.05, 0.1) is 36.4 Å². The van der Waals surface area contributed by atoms with Crippen LogP contribution in [0.5, 0.6) is 0 Å². The number of nitriles is 1. The van der Waals surface area contributed by atoms with E-state index in [0.29, 0.717) is 0 Å². The van der Waals surface area contributed by atoms with Gasteiger partial charge < -0.3 is 18.1 Å². The zero-order valence-electron chi connectivity index (χ0n) is 16.4. The van der Waals surface area contributed by atoms with Crippen LogP contribution in [-0.4, -0.2) is 29.3 Å². The van der Waals surface area contributed by atoms with Crippen LogP contribution in [0, 0.1) is 17.2 Å². The first-order valence-electron chi connectivity index (χ1n) is 8.67. The van der Waals surface area contributed by atoms with E-state index >= 15 is 0 Å². The molecule has 1 atom stereocenters. The highest BCUT2D eigenvalue weighted by atomic mass is 31.2. The van der Waals surface area contributed by atoms with Crippen LogP contribution in [0.25, 0.3) is 0 Å². The molecular formula is C16H31NO6P2. The van der Waals surface area contributed by atoms with Crippen molar-refractivity contribution in [2.75, 3.05) is 0 Å². The fraction of sp³-hybridized carbons (Fsp3) is 0.938. The van der Waals surface area contributed by atoms with Crippen molar-refractivity contribution < 1.29 is 27.2 Å². The topological polar surface area (TPSA) is 94.8 Å². The molecule has 1 rings (SSSR count). The molecule has 0 aromatic rings. The summed E-state index contributed by atoms with van der Waals surface area (Å²) < 4.78 is 50.2. The predicted octanol–water partition coefficient (Wildman–Crippen LogP) is 5.31. The first-order valence-corrected chi connectivity index (χ1v) is 11.8. The Labute approximate surface area is 151 Å². The summed E-state index contributed by atoms with van der Waals surface area (Å²) in [4.78, 5) is -1.59. The molecule has 1 saturated carbocycles. The molecule has 0 aromatic heterocycles. The Morgan fingerprint density at radius 1 is 0.800 bits per heavy atom. The normalized spacial score (nSPS) is 20.5. The number of hydrogen-bond donors (Lipinski definition) is 0. The minimum absolute atomic E-state index is 0.0942. The van der Waals surface area contributed by atoms with Crippen molar-refractivity contribution in [3.05, 3.63) is 0 Å². The van der Waals surface area contributed by atoms with E-state index < -0.39 is 50.4 Å². The van der Waals surface area contributed by atoms with Crippen molar-refractivity contribution >= 4 is 15.2 Å². The van der Waals surface area contributed by atoms with Crippen LogP contribution < -0.4 is 0 Å². The largest absolute Gasteiger partial charge is 0.350 e. The van der Waals surface area contributed by atoms with Gasteiger partial charge in [-0.2, -0.15) is 5.26 Å². The zero-order valence-corrected chi connectivity index (χ0v) is 18.2. The quantitative estimate of drug-likeness (QED) is 0.462. The summed E-state index contributed by atoms with van der Waals surface area (Å²) in [5.74, 6) is -0.779. The molecule has 0 heterocycles. The summed E-state index contributed by atoms with van der Waals surface area (Å²) in [6, 6.07) is 2.07. The van der Waals surface area contributed by atoms with Gasteiger partial charge in [-0.3, -0.25) is 9.13 Å². The number of nitrogens with zero attached hydrogens (tertiary/aromatic N) is 1. The van der Waals surface area contributed by atoms with Crippen molar-refractivity contribution in [1.29, 1.82) is 5.26 Å². The van der Waals surface area contributed by atoms with Crippen molar-refractivity contribution in [3.63, 3.8) is 0 Å². The number of rotatable bonds is 10. The molecule has 146 valence electrons. The van der Waals surface area contributed by atoms with Crippen LogP contribution in [0.3, 0.4) is 0 Å². The third-order valence-electron chi connectivity index (χ3n) is 3.41. The lowest BCUT2D eigenvalue weighted by molar-refractivity contribution is 0.119. The minimum Gasteiger partial charge on any atom is -0.305 e. The monoisotopic (exact) mass is 395 g/mol. The maximum atomic E-state index is 13.8. The Morgan fingerprint density at radius 2 is 1.08 bits per heavy atom. The third-order valence-corrected chi connectivity index (χ3v) is 10.6. The predicted molar refractivity (Wildman–Crippen MR) is 96.5 cm³/mol. The van der Waals surface area contributed by atoms with Crippen molar-refractivity contribution in [2.45, 2.75) is 91.1 Å². The first-order chi connectivity index (χ1) is 11.3. The summed E-state index contributed by atoms with van der Waals surface area (Å²) in [6.07, 6.45) is -1.65. The Hall–Kier alpha value is -0.210. The van der Waals surface area contributed by atoms with Crippen LogP contribution >= 0.6 is 15.2 Å². The molecular weight excluding hydrogens is 364 g/mol. The summed E-state index contributed by atoms with van der Waals surface area (Å²) in [7, 11) is -7.93. The summed E-state index contributed by atoms with van der Waals surface area (Å²) in [5.41, 5.74) is 0. The van der Waals surface area contributed by atoms with Gasteiger partial charge in [-0.15, -0.1) is 0 Å². The molecule has 0 saturated heterocycles. The third kappa shape index (κ3) is 4.75. The second-order valence-corrected chi connectivity index (χ2v) is 12.2. The van der Waals surface area contributed by atoms with E-state index in [1.165, 1.54) is 0 Å². The molecule has 0 N–H and O–H groups in total. The van der Waals surface area contributed by atoms with E-state index in [1.54, 1.807) is 55.4 Å². The summed E-state index contributed by atoms with van der Waals surface area (Å²) >= 11 is 0. The second kappa shape index (κ2) is 8.21. The van der Waals surface area contributed by atoms with Gasteiger partial charge >= 0.3 is 15.2 Å². The van der Waals surface area contributed by atoms with E-state index in [1.807, 2.05) is 0 Å². The van der Waals surface area contributed by atoms with E-state index in [9.17, 15) is 14.4 Å². The Bertz CT molecular complexity index is 530. The molecule has 25 heavy (non-hydrogen) atoms. The average Bonchev–Trinajstić information content (AvgIpc) is 3.10. The molecule has 1 aliphatic carbocycles. The Kier molecular flexibility index (Phi) is 7.50. The van der Waals surface area contributed by atoms with E-state index in [0.717, 1.165) is 0 Å². The lowest BCUT2D eigenvalue weighted by atomic mass is 10.5. The van der Waals surface area contributed by atoms with Gasteiger partial charge in [0, 0.05) is 0 Å². The molecule has 7 nitrogen and oxygen atoms in total. The van der Waals surface area contributed by atoms with Gasteiger partial charge in [0.2, 0.25) is 0 Å². The molecule has 0 aliphatic heterocycles. The standard InChI is InChI=1S/C16H31NO6P2/c1-11(2)20-24(18,21-12(3)4)16(9-15(16)10-17)25(19,22-13(5)6)23-14(7)8/h11-15H,9H2,1-8H3. The van der Waals surface area contributed by atoms with Crippen molar-refractivity contribution in [2.24, 2.45) is 5.92 Å². The van der Waals surface area contributed by atoms with E-state index in [2.05, 4.69) is 6.07 Å². The van der Waals surface area contributed by atoms with Gasteiger partial charge in [-0.1, -0.05) is 0 Å². The lowest BCUT2D eigenvalue weighted by Gasteiger charge is -2.35. The molecule has 1 unspecified atom stereocenters. The molecule has 1 fully saturated rings. The molecule has 1 aliphatic rings. The minimum atomic E-state index is -3.97. The van der Waals surface area contributed by atoms with Crippen LogP contribution in [0.15, 0.2) is 0 Å². The van der Waals surface area contributed by atoms with E-state index in [4.69, 9.17) is 18.1 Å². The Balaban J connectivity index is 3.52. The van der Waals surface area contributed by atoms with Crippen LogP contribution in [-0.2, 0) is 27.2 Å².